The van der Waals surface area contributed by atoms with Crippen molar-refractivity contribution in [2.75, 3.05) is 0 Å². The van der Waals surface area contributed by atoms with Crippen LogP contribution in [0, 0.1) is 28.4 Å². The highest BCUT2D eigenvalue weighted by molar-refractivity contribution is 5.44. The number of nitriles is 1. The second-order valence-corrected chi connectivity index (χ2v) is 3.34. The van der Waals surface area contributed by atoms with E-state index in [0.717, 1.165) is 6.20 Å². The van der Waals surface area contributed by atoms with Crippen LogP contribution in [0.5, 0.6) is 0 Å². The molecule has 2 rings (SSSR count). The molecule has 0 fully saturated rings. The molecule has 0 saturated carbocycles. The normalized spacial score (nSPS) is 9.88. The van der Waals surface area contributed by atoms with Gasteiger partial charge in [-0.05, 0) is 19.1 Å². The number of pyridine rings is 1. The van der Waals surface area contributed by atoms with Crippen molar-refractivity contribution in [3.05, 3.63) is 45.9 Å². The largest absolute Gasteiger partial charge is 0.307 e. The Labute approximate surface area is 96.1 Å². The van der Waals surface area contributed by atoms with Gasteiger partial charge < -0.3 is 0 Å². The Kier molecular flexibility index (Phi) is 2.54. The lowest BCUT2D eigenvalue weighted by molar-refractivity contribution is -0.384. The van der Waals surface area contributed by atoms with E-state index < -0.39 is 4.92 Å². The summed E-state index contributed by atoms with van der Waals surface area (Å²) in [7, 11) is 0. The number of aromatic nitrogens is 3. The quantitative estimate of drug-likeness (QED) is 0.571. The highest BCUT2D eigenvalue weighted by atomic mass is 16.6. The minimum atomic E-state index is -0.550. The molecule has 0 atom stereocenters. The molecule has 2 heterocycles. The van der Waals surface area contributed by atoms with Crippen molar-refractivity contribution in [3.63, 3.8) is 0 Å². The van der Waals surface area contributed by atoms with Gasteiger partial charge in [-0.1, -0.05) is 0 Å². The first-order valence-corrected chi connectivity index (χ1v) is 4.69. The topological polar surface area (TPSA) is 97.6 Å². The first-order chi connectivity index (χ1) is 8.11. The van der Waals surface area contributed by atoms with E-state index in [0.29, 0.717) is 17.1 Å². The van der Waals surface area contributed by atoms with E-state index in [-0.39, 0.29) is 5.69 Å². The van der Waals surface area contributed by atoms with Crippen molar-refractivity contribution in [2.24, 2.45) is 0 Å². The van der Waals surface area contributed by atoms with Crippen LogP contribution in [0.4, 0.5) is 5.69 Å². The number of aryl methyl sites for hydroxylation is 1. The number of rotatable bonds is 2. The SMILES string of the molecule is Cc1ccc(C#N)c(-n2cc([N+](=O)[O-])cn2)n1. The fraction of sp³-hybridized carbons (Fsp3) is 0.100. The van der Waals surface area contributed by atoms with Crippen LogP contribution in [0.25, 0.3) is 5.82 Å². The van der Waals surface area contributed by atoms with E-state index in [1.807, 2.05) is 6.07 Å². The number of hydrogen-bond donors (Lipinski definition) is 0. The van der Waals surface area contributed by atoms with Crippen molar-refractivity contribution in [3.8, 4) is 11.9 Å². The highest BCUT2D eigenvalue weighted by Crippen LogP contribution is 2.15. The summed E-state index contributed by atoms with van der Waals surface area (Å²) in [6.45, 7) is 1.77. The molecular weight excluding hydrogens is 222 g/mol. The molecular formula is C10H7N5O2. The predicted molar refractivity (Wildman–Crippen MR) is 57.5 cm³/mol. The smallest absolute Gasteiger partial charge is 0.258 e. The van der Waals surface area contributed by atoms with Gasteiger partial charge in [0.15, 0.2) is 5.82 Å². The summed E-state index contributed by atoms with van der Waals surface area (Å²) in [6, 6.07) is 5.26. The Morgan fingerprint density at radius 1 is 1.53 bits per heavy atom. The molecule has 2 aromatic rings. The first kappa shape index (κ1) is 10.8. The van der Waals surface area contributed by atoms with E-state index in [2.05, 4.69) is 10.1 Å². The van der Waals surface area contributed by atoms with E-state index >= 15 is 0 Å². The van der Waals surface area contributed by atoms with E-state index in [1.54, 1.807) is 19.1 Å². The number of nitrogens with zero attached hydrogens (tertiary/aromatic N) is 5. The van der Waals surface area contributed by atoms with Gasteiger partial charge in [0, 0.05) is 5.69 Å². The third-order valence-corrected chi connectivity index (χ3v) is 2.13. The zero-order valence-electron chi connectivity index (χ0n) is 8.86. The minimum absolute atomic E-state index is 0.141. The van der Waals surface area contributed by atoms with Crippen LogP contribution in [0.1, 0.15) is 11.3 Å². The Hall–Kier alpha value is -2.75. The Bertz CT molecular complexity index is 626. The molecule has 0 radical (unpaired) electrons. The van der Waals surface area contributed by atoms with Crippen LogP contribution in [-0.2, 0) is 0 Å². The molecule has 0 N–H and O–H groups in total. The van der Waals surface area contributed by atoms with Gasteiger partial charge in [0.1, 0.15) is 18.5 Å². The van der Waals surface area contributed by atoms with Gasteiger partial charge in [-0.15, -0.1) is 0 Å². The summed E-state index contributed by atoms with van der Waals surface area (Å²) in [5.74, 6) is 0.292. The Morgan fingerprint density at radius 3 is 2.88 bits per heavy atom. The average Bonchev–Trinajstić information content (AvgIpc) is 2.78. The van der Waals surface area contributed by atoms with Gasteiger partial charge in [-0.3, -0.25) is 10.1 Å². The second kappa shape index (κ2) is 4.02. The Balaban J connectivity index is 2.56. The minimum Gasteiger partial charge on any atom is -0.258 e. The third kappa shape index (κ3) is 1.96. The van der Waals surface area contributed by atoms with Crippen molar-refractivity contribution < 1.29 is 4.92 Å². The van der Waals surface area contributed by atoms with Crippen LogP contribution in [0.3, 0.4) is 0 Å². The maximum Gasteiger partial charge on any atom is 0.307 e. The molecule has 7 heteroatoms. The third-order valence-electron chi connectivity index (χ3n) is 2.13. The van der Waals surface area contributed by atoms with E-state index in [4.69, 9.17) is 5.26 Å². The molecule has 0 aliphatic carbocycles. The van der Waals surface area contributed by atoms with Crippen molar-refractivity contribution >= 4 is 5.69 Å². The van der Waals surface area contributed by atoms with Crippen LogP contribution < -0.4 is 0 Å². The molecule has 7 nitrogen and oxygen atoms in total. The lowest BCUT2D eigenvalue weighted by Crippen LogP contribution is -2.02. The van der Waals surface area contributed by atoms with Crippen LogP contribution in [0.2, 0.25) is 0 Å². The molecule has 0 aliphatic rings. The summed E-state index contributed by atoms with van der Waals surface area (Å²) in [4.78, 5) is 14.1. The molecule has 0 bridgehead atoms. The van der Waals surface area contributed by atoms with Crippen molar-refractivity contribution in [2.45, 2.75) is 6.92 Å². The van der Waals surface area contributed by atoms with Crippen LogP contribution in [0.15, 0.2) is 24.5 Å². The molecule has 0 unspecified atom stereocenters. The fourth-order valence-electron chi connectivity index (χ4n) is 1.33. The second-order valence-electron chi connectivity index (χ2n) is 3.34. The maximum atomic E-state index is 10.5. The van der Waals surface area contributed by atoms with Gasteiger partial charge >= 0.3 is 5.69 Å². The van der Waals surface area contributed by atoms with Gasteiger partial charge in [0.05, 0.1) is 10.5 Å². The standard InChI is InChI=1S/C10H7N5O2/c1-7-2-3-8(4-11)10(13-7)14-6-9(5-12-14)15(16)17/h2-3,5-6H,1H3. The van der Waals surface area contributed by atoms with Crippen LogP contribution in [-0.4, -0.2) is 19.7 Å². The molecule has 84 valence electrons. The summed E-state index contributed by atoms with van der Waals surface area (Å²) in [5.41, 5.74) is 0.878. The van der Waals surface area contributed by atoms with E-state index in [1.165, 1.54) is 10.9 Å². The molecule has 0 aliphatic heterocycles. The number of nitro groups is 1. The van der Waals surface area contributed by atoms with Crippen LogP contribution >= 0.6 is 0 Å². The molecule has 0 spiro atoms. The van der Waals surface area contributed by atoms with Gasteiger partial charge in [0.25, 0.3) is 0 Å². The summed E-state index contributed by atoms with van der Waals surface area (Å²) < 4.78 is 1.23. The fourth-order valence-corrected chi connectivity index (χ4v) is 1.33. The molecule has 17 heavy (non-hydrogen) atoms. The molecule has 0 amide bonds. The van der Waals surface area contributed by atoms with Gasteiger partial charge in [0.2, 0.25) is 0 Å². The lowest BCUT2D eigenvalue weighted by atomic mass is 10.2. The first-order valence-electron chi connectivity index (χ1n) is 4.69. The lowest BCUT2D eigenvalue weighted by Gasteiger charge is -2.02. The molecule has 2 aromatic heterocycles. The van der Waals surface area contributed by atoms with Gasteiger partial charge in [-0.25, -0.2) is 9.67 Å². The summed E-state index contributed by atoms with van der Waals surface area (Å²) in [5, 5.41) is 23.3. The number of hydrogen-bond acceptors (Lipinski definition) is 5. The molecule has 0 saturated heterocycles. The van der Waals surface area contributed by atoms with Crippen molar-refractivity contribution in [1.82, 2.24) is 14.8 Å². The molecule has 0 aromatic carbocycles. The maximum absolute atomic E-state index is 10.5. The predicted octanol–water partition coefficient (Wildman–Crippen LogP) is 1.36. The monoisotopic (exact) mass is 229 g/mol. The zero-order chi connectivity index (χ0) is 12.4. The zero-order valence-corrected chi connectivity index (χ0v) is 8.86. The van der Waals surface area contributed by atoms with Crippen molar-refractivity contribution in [1.29, 1.82) is 5.26 Å². The Morgan fingerprint density at radius 2 is 2.29 bits per heavy atom. The summed E-state index contributed by atoms with van der Waals surface area (Å²) >= 11 is 0. The highest BCUT2D eigenvalue weighted by Gasteiger charge is 2.13. The summed E-state index contributed by atoms with van der Waals surface area (Å²) in [6.07, 6.45) is 2.34. The average molecular weight is 229 g/mol. The van der Waals surface area contributed by atoms with Gasteiger partial charge in [-0.2, -0.15) is 10.4 Å². The van der Waals surface area contributed by atoms with E-state index in [9.17, 15) is 10.1 Å².